The molecule has 0 saturated carbocycles. The number of benzene rings is 1. The van der Waals surface area contributed by atoms with E-state index in [1.807, 2.05) is 37.3 Å². The number of rotatable bonds is 4. The van der Waals surface area contributed by atoms with Gasteiger partial charge >= 0.3 is 0 Å². The summed E-state index contributed by atoms with van der Waals surface area (Å²) < 4.78 is 0. The molecule has 1 N–H and O–H groups in total. The number of carbonyl (C=O) groups is 1. The van der Waals surface area contributed by atoms with E-state index in [2.05, 4.69) is 15.2 Å². The number of likely N-dealkylation sites (N-methyl/N-ethyl adjacent to an activating group) is 1. The van der Waals surface area contributed by atoms with Gasteiger partial charge in [-0.3, -0.25) is 9.89 Å². The third-order valence-electron chi connectivity index (χ3n) is 2.62. The minimum absolute atomic E-state index is 0.0775. The Labute approximate surface area is 112 Å². The molecule has 1 aromatic carbocycles. The fourth-order valence-electron chi connectivity index (χ4n) is 1.61. The molecule has 2 aromatic rings. The molecule has 0 spiro atoms. The quantitative estimate of drug-likeness (QED) is 0.848. The Morgan fingerprint density at radius 2 is 2.11 bits per heavy atom. The van der Waals surface area contributed by atoms with Gasteiger partial charge in [0.05, 0.1) is 6.54 Å². The first-order valence-electron chi connectivity index (χ1n) is 6.01. The van der Waals surface area contributed by atoms with Crippen molar-refractivity contribution in [1.29, 1.82) is 0 Å². The largest absolute Gasteiger partial charge is 0.335 e. The SMILES string of the molecule is Cc1nc(CN(C)C(=O)C=Cc2ccccc2)n[nH]1. The zero-order valence-corrected chi connectivity index (χ0v) is 11.0. The van der Waals surface area contributed by atoms with Crippen molar-refractivity contribution in [3.8, 4) is 0 Å². The van der Waals surface area contributed by atoms with Crippen LogP contribution in [-0.2, 0) is 11.3 Å². The van der Waals surface area contributed by atoms with Gasteiger partial charge < -0.3 is 4.90 Å². The summed E-state index contributed by atoms with van der Waals surface area (Å²) in [5, 5.41) is 6.76. The molecule has 1 heterocycles. The molecular weight excluding hydrogens is 240 g/mol. The molecule has 0 aliphatic carbocycles. The van der Waals surface area contributed by atoms with E-state index >= 15 is 0 Å². The highest BCUT2D eigenvalue weighted by atomic mass is 16.2. The molecule has 0 bridgehead atoms. The molecule has 1 aromatic heterocycles. The monoisotopic (exact) mass is 256 g/mol. The van der Waals surface area contributed by atoms with Gasteiger partial charge in [0.15, 0.2) is 5.82 Å². The van der Waals surface area contributed by atoms with Crippen LogP contribution in [0.15, 0.2) is 36.4 Å². The second kappa shape index (κ2) is 5.95. The van der Waals surface area contributed by atoms with Gasteiger partial charge in [-0.15, -0.1) is 0 Å². The van der Waals surface area contributed by atoms with Crippen molar-refractivity contribution in [3.63, 3.8) is 0 Å². The van der Waals surface area contributed by atoms with Crippen LogP contribution in [0.4, 0.5) is 0 Å². The van der Waals surface area contributed by atoms with E-state index < -0.39 is 0 Å². The minimum Gasteiger partial charge on any atom is -0.335 e. The van der Waals surface area contributed by atoms with Gasteiger partial charge in [-0.05, 0) is 18.6 Å². The van der Waals surface area contributed by atoms with Crippen molar-refractivity contribution in [2.24, 2.45) is 0 Å². The molecule has 0 atom stereocenters. The van der Waals surface area contributed by atoms with Gasteiger partial charge in [0.25, 0.3) is 0 Å². The summed E-state index contributed by atoms with van der Waals surface area (Å²) in [7, 11) is 1.73. The fourth-order valence-corrected chi connectivity index (χ4v) is 1.61. The van der Waals surface area contributed by atoms with Crippen molar-refractivity contribution in [3.05, 3.63) is 53.6 Å². The first-order valence-corrected chi connectivity index (χ1v) is 6.01. The fraction of sp³-hybridized carbons (Fsp3) is 0.214. The van der Waals surface area contributed by atoms with E-state index in [1.54, 1.807) is 24.1 Å². The van der Waals surface area contributed by atoms with Gasteiger partial charge in [0.1, 0.15) is 5.82 Å². The van der Waals surface area contributed by atoms with Crippen molar-refractivity contribution < 1.29 is 4.79 Å². The maximum atomic E-state index is 11.9. The lowest BCUT2D eigenvalue weighted by atomic mass is 10.2. The Morgan fingerprint density at radius 1 is 1.37 bits per heavy atom. The van der Waals surface area contributed by atoms with Gasteiger partial charge in [-0.25, -0.2) is 4.98 Å². The number of H-pyrrole nitrogens is 1. The van der Waals surface area contributed by atoms with E-state index in [0.29, 0.717) is 12.4 Å². The van der Waals surface area contributed by atoms with E-state index in [-0.39, 0.29) is 5.91 Å². The maximum absolute atomic E-state index is 11.9. The van der Waals surface area contributed by atoms with E-state index in [1.165, 1.54) is 0 Å². The summed E-state index contributed by atoms with van der Waals surface area (Å²) in [5.41, 5.74) is 0.998. The highest BCUT2D eigenvalue weighted by Crippen LogP contribution is 2.03. The normalized spacial score (nSPS) is 10.8. The zero-order valence-electron chi connectivity index (χ0n) is 11.0. The Morgan fingerprint density at radius 3 is 2.74 bits per heavy atom. The molecule has 19 heavy (non-hydrogen) atoms. The molecule has 5 heteroatoms. The second-order valence-corrected chi connectivity index (χ2v) is 4.28. The van der Waals surface area contributed by atoms with E-state index in [9.17, 15) is 4.79 Å². The number of amides is 1. The average molecular weight is 256 g/mol. The van der Waals surface area contributed by atoms with Crippen LogP contribution in [-0.4, -0.2) is 33.0 Å². The predicted molar refractivity (Wildman–Crippen MR) is 73.1 cm³/mol. The predicted octanol–water partition coefficient (Wildman–Crippen LogP) is 1.78. The van der Waals surface area contributed by atoms with Crippen LogP contribution in [0.5, 0.6) is 0 Å². The third kappa shape index (κ3) is 3.77. The zero-order chi connectivity index (χ0) is 13.7. The lowest BCUT2D eigenvalue weighted by Crippen LogP contribution is -2.24. The number of hydrogen-bond acceptors (Lipinski definition) is 3. The van der Waals surface area contributed by atoms with E-state index in [4.69, 9.17) is 0 Å². The van der Waals surface area contributed by atoms with Crippen LogP contribution >= 0.6 is 0 Å². The molecule has 5 nitrogen and oxygen atoms in total. The van der Waals surface area contributed by atoms with Gasteiger partial charge in [0, 0.05) is 13.1 Å². The van der Waals surface area contributed by atoms with Crippen molar-refractivity contribution in [2.45, 2.75) is 13.5 Å². The van der Waals surface area contributed by atoms with Crippen LogP contribution in [0.3, 0.4) is 0 Å². The van der Waals surface area contributed by atoms with Crippen LogP contribution in [0, 0.1) is 6.92 Å². The summed E-state index contributed by atoms with van der Waals surface area (Å²) >= 11 is 0. The van der Waals surface area contributed by atoms with Crippen LogP contribution in [0.25, 0.3) is 6.08 Å². The van der Waals surface area contributed by atoms with Gasteiger partial charge in [0.2, 0.25) is 5.91 Å². The van der Waals surface area contributed by atoms with Gasteiger partial charge in [-0.1, -0.05) is 30.3 Å². The molecule has 0 radical (unpaired) electrons. The minimum atomic E-state index is -0.0775. The highest BCUT2D eigenvalue weighted by Gasteiger charge is 2.08. The molecule has 2 rings (SSSR count). The van der Waals surface area contributed by atoms with Crippen molar-refractivity contribution >= 4 is 12.0 Å². The number of nitrogens with one attached hydrogen (secondary N) is 1. The number of carbonyl (C=O) groups excluding carboxylic acids is 1. The number of aromatic amines is 1. The topological polar surface area (TPSA) is 61.9 Å². The maximum Gasteiger partial charge on any atom is 0.246 e. The van der Waals surface area contributed by atoms with Crippen molar-refractivity contribution in [2.75, 3.05) is 7.05 Å². The number of aryl methyl sites for hydroxylation is 1. The average Bonchev–Trinajstić information content (AvgIpc) is 2.82. The Balaban J connectivity index is 1.94. The summed E-state index contributed by atoms with van der Waals surface area (Å²) in [4.78, 5) is 17.6. The van der Waals surface area contributed by atoms with Crippen LogP contribution in [0.2, 0.25) is 0 Å². The molecule has 98 valence electrons. The lowest BCUT2D eigenvalue weighted by molar-refractivity contribution is -0.125. The summed E-state index contributed by atoms with van der Waals surface area (Å²) in [6, 6.07) is 9.70. The Bertz CT molecular complexity index is 574. The molecule has 0 unspecified atom stereocenters. The number of aromatic nitrogens is 3. The first-order chi connectivity index (χ1) is 9.15. The first kappa shape index (κ1) is 13.0. The summed E-state index contributed by atoms with van der Waals surface area (Å²) in [5.74, 6) is 1.28. The second-order valence-electron chi connectivity index (χ2n) is 4.28. The number of nitrogens with zero attached hydrogens (tertiary/aromatic N) is 3. The molecule has 0 aliphatic rings. The van der Waals surface area contributed by atoms with Crippen molar-refractivity contribution in [1.82, 2.24) is 20.1 Å². The molecule has 1 amide bonds. The molecular formula is C14H16N4O. The van der Waals surface area contributed by atoms with Gasteiger partial charge in [-0.2, -0.15) is 5.10 Å². The Hall–Kier alpha value is -2.43. The summed E-state index contributed by atoms with van der Waals surface area (Å²) in [6.07, 6.45) is 3.34. The van der Waals surface area contributed by atoms with Crippen LogP contribution < -0.4 is 0 Å². The van der Waals surface area contributed by atoms with E-state index in [0.717, 1.165) is 11.4 Å². The Kier molecular flexibility index (Phi) is 4.07. The molecule has 0 saturated heterocycles. The smallest absolute Gasteiger partial charge is 0.246 e. The molecule has 0 fully saturated rings. The molecule has 0 aliphatic heterocycles. The number of hydrogen-bond donors (Lipinski definition) is 1. The van der Waals surface area contributed by atoms with Crippen LogP contribution in [0.1, 0.15) is 17.2 Å². The highest BCUT2D eigenvalue weighted by molar-refractivity contribution is 5.91. The standard InChI is InChI=1S/C14H16N4O/c1-11-15-13(17-16-11)10-18(2)14(19)9-8-12-6-4-3-5-7-12/h3-9H,10H2,1-2H3,(H,15,16,17). The summed E-state index contributed by atoms with van der Waals surface area (Å²) in [6.45, 7) is 2.22. The third-order valence-corrected chi connectivity index (χ3v) is 2.62. The lowest BCUT2D eigenvalue weighted by Gasteiger charge is -2.12.